The van der Waals surface area contributed by atoms with E-state index in [2.05, 4.69) is 10.3 Å². The lowest BCUT2D eigenvalue weighted by Crippen LogP contribution is -2.12. The Bertz CT molecular complexity index is 842. The van der Waals surface area contributed by atoms with Crippen LogP contribution < -0.4 is 5.32 Å². The molecule has 0 aliphatic heterocycles. The van der Waals surface area contributed by atoms with Crippen LogP contribution in [-0.4, -0.2) is 22.0 Å². The number of fused-ring (bicyclic) bond motifs is 1. The molecule has 0 saturated carbocycles. The van der Waals surface area contributed by atoms with Gasteiger partial charge in [-0.1, -0.05) is 18.2 Å². The Hall–Kier alpha value is -2.73. The third-order valence-electron chi connectivity index (χ3n) is 2.97. The van der Waals surface area contributed by atoms with Crippen LogP contribution in [0.25, 0.3) is 10.1 Å². The zero-order valence-electron chi connectivity index (χ0n) is 10.7. The minimum absolute atomic E-state index is 0.0305. The van der Waals surface area contributed by atoms with Crippen LogP contribution in [0.3, 0.4) is 0 Å². The molecule has 0 spiro atoms. The number of carboxylic acid groups (broad SMARTS) is 1. The lowest BCUT2D eigenvalue weighted by Gasteiger charge is -2.04. The number of hydrogen-bond donors (Lipinski definition) is 2. The number of amides is 1. The number of nitrogens with zero attached hydrogens (tertiary/aromatic N) is 1. The number of aromatic nitrogens is 1. The van der Waals surface area contributed by atoms with Gasteiger partial charge in [-0.2, -0.15) is 0 Å². The van der Waals surface area contributed by atoms with E-state index >= 15 is 0 Å². The zero-order chi connectivity index (χ0) is 14.8. The van der Waals surface area contributed by atoms with Crippen molar-refractivity contribution in [2.75, 3.05) is 5.32 Å². The molecule has 1 aromatic carbocycles. The number of carbonyl (C=O) groups is 2. The van der Waals surface area contributed by atoms with Gasteiger partial charge in [0, 0.05) is 21.7 Å². The predicted molar refractivity (Wildman–Crippen MR) is 81.0 cm³/mol. The van der Waals surface area contributed by atoms with Crippen LogP contribution >= 0.6 is 11.3 Å². The van der Waals surface area contributed by atoms with E-state index in [1.165, 1.54) is 29.8 Å². The number of rotatable bonds is 3. The summed E-state index contributed by atoms with van der Waals surface area (Å²) in [6.45, 7) is 0. The van der Waals surface area contributed by atoms with E-state index in [9.17, 15) is 9.59 Å². The highest BCUT2D eigenvalue weighted by atomic mass is 32.1. The molecule has 0 radical (unpaired) electrons. The fraction of sp³-hybridized carbons (Fsp3) is 0. The Labute approximate surface area is 123 Å². The molecular weight excluding hydrogens is 288 g/mol. The molecule has 6 heteroatoms. The minimum Gasteiger partial charge on any atom is -0.478 e. The van der Waals surface area contributed by atoms with Gasteiger partial charge < -0.3 is 10.4 Å². The first-order valence-electron chi connectivity index (χ1n) is 6.11. The minimum atomic E-state index is -1.08. The summed E-state index contributed by atoms with van der Waals surface area (Å²) in [4.78, 5) is 27.0. The standard InChI is InChI=1S/C15H10N2O3S/c18-14(12-8-21-13-4-2-1-3-11(12)13)17-10-5-9(15(19)20)6-16-7-10/h1-8H,(H,17,18)(H,19,20). The lowest BCUT2D eigenvalue weighted by molar-refractivity contribution is 0.0696. The molecule has 2 heterocycles. The second-order valence-corrected chi connectivity index (χ2v) is 5.28. The van der Waals surface area contributed by atoms with Gasteiger partial charge in [0.1, 0.15) is 0 Å². The molecule has 5 nitrogen and oxygen atoms in total. The SMILES string of the molecule is O=C(O)c1cncc(NC(=O)c2csc3ccccc23)c1. The quantitative estimate of drug-likeness (QED) is 0.778. The van der Waals surface area contributed by atoms with Gasteiger partial charge in [-0.3, -0.25) is 9.78 Å². The highest BCUT2D eigenvalue weighted by Gasteiger charge is 2.13. The maximum Gasteiger partial charge on any atom is 0.337 e. The van der Waals surface area contributed by atoms with Crippen LogP contribution in [0.15, 0.2) is 48.1 Å². The van der Waals surface area contributed by atoms with Gasteiger partial charge in [-0.15, -0.1) is 11.3 Å². The van der Waals surface area contributed by atoms with Crippen molar-refractivity contribution in [3.8, 4) is 0 Å². The number of carbonyl (C=O) groups excluding carboxylic acids is 1. The van der Waals surface area contributed by atoms with Crippen molar-refractivity contribution in [3.63, 3.8) is 0 Å². The molecule has 0 unspecified atom stereocenters. The first-order chi connectivity index (χ1) is 10.1. The molecule has 21 heavy (non-hydrogen) atoms. The second kappa shape index (κ2) is 5.34. The van der Waals surface area contributed by atoms with Crippen LogP contribution in [0.4, 0.5) is 5.69 Å². The third kappa shape index (κ3) is 2.61. The van der Waals surface area contributed by atoms with Gasteiger partial charge in [0.25, 0.3) is 5.91 Å². The molecule has 0 atom stereocenters. The van der Waals surface area contributed by atoms with Crippen LogP contribution in [0.5, 0.6) is 0 Å². The topological polar surface area (TPSA) is 79.3 Å². The number of thiophene rings is 1. The average molecular weight is 298 g/mol. The summed E-state index contributed by atoms with van der Waals surface area (Å²) in [5.41, 5.74) is 0.953. The highest BCUT2D eigenvalue weighted by Crippen LogP contribution is 2.26. The van der Waals surface area contributed by atoms with Gasteiger partial charge in [0.2, 0.25) is 0 Å². The third-order valence-corrected chi connectivity index (χ3v) is 3.93. The smallest absolute Gasteiger partial charge is 0.337 e. The molecule has 0 saturated heterocycles. The van der Waals surface area contributed by atoms with Gasteiger partial charge in [-0.25, -0.2) is 4.79 Å². The fourth-order valence-electron chi connectivity index (χ4n) is 1.98. The predicted octanol–water partition coefficient (Wildman–Crippen LogP) is 3.25. The molecule has 0 bridgehead atoms. The molecule has 104 valence electrons. The van der Waals surface area contributed by atoms with Crippen LogP contribution in [0.2, 0.25) is 0 Å². The number of aromatic carboxylic acids is 1. The van der Waals surface area contributed by atoms with Crippen molar-refractivity contribution in [2.24, 2.45) is 0 Å². The van der Waals surface area contributed by atoms with Crippen molar-refractivity contribution in [1.29, 1.82) is 0 Å². The number of carboxylic acids is 1. The van der Waals surface area contributed by atoms with Gasteiger partial charge in [0.05, 0.1) is 23.0 Å². The van der Waals surface area contributed by atoms with Gasteiger partial charge in [0.15, 0.2) is 0 Å². The van der Waals surface area contributed by atoms with E-state index < -0.39 is 5.97 Å². The first-order valence-corrected chi connectivity index (χ1v) is 6.99. The number of nitrogens with one attached hydrogen (secondary N) is 1. The second-order valence-electron chi connectivity index (χ2n) is 4.37. The van der Waals surface area contributed by atoms with E-state index in [1.54, 1.807) is 5.38 Å². The van der Waals surface area contributed by atoms with E-state index in [-0.39, 0.29) is 11.5 Å². The maximum atomic E-state index is 12.3. The van der Waals surface area contributed by atoms with Crippen LogP contribution in [0, 0.1) is 0 Å². The van der Waals surface area contributed by atoms with Crippen molar-refractivity contribution in [2.45, 2.75) is 0 Å². The zero-order valence-corrected chi connectivity index (χ0v) is 11.6. The molecule has 0 aliphatic carbocycles. The molecule has 3 aromatic rings. The summed E-state index contributed by atoms with van der Waals surface area (Å²) in [5, 5.41) is 14.3. The molecule has 0 fully saturated rings. The van der Waals surface area contributed by atoms with E-state index in [4.69, 9.17) is 5.11 Å². The van der Waals surface area contributed by atoms with Crippen molar-refractivity contribution < 1.29 is 14.7 Å². The molecule has 3 rings (SSSR count). The molecule has 0 aliphatic rings. The van der Waals surface area contributed by atoms with Crippen molar-refractivity contribution in [3.05, 3.63) is 59.2 Å². The maximum absolute atomic E-state index is 12.3. The van der Waals surface area contributed by atoms with Gasteiger partial charge >= 0.3 is 5.97 Å². The van der Waals surface area contributed by atoms with Crippen molar-refractivity contribution >= 4 is 39.0 Å². The first kappa shape index (κ1) is 13.3. The Kier molecular flexibility index (Phi) is 3.37. The van der Waals surface area contributed by atoms with Crippen molar-refractivity contribution in [1.82, 2.24) is 4.98 Å². The summed E-state index contributed by atoms with van der Waals surface area (Å²) in [5.74, 6) is -1.36. The lowest BCUT2D eigenvalue weighted by atomic mass is 10.1. The molecular formula is C15H10N2O3S. The van der Waals surface area contributed by atoms with E-state index in [1.807, 2.05) is 24.3 Å². The van der Waals surface area contributed by atoms with Crippen LogP contribution in [0.1, 0.15) is 20.7 Å². The average Bonchev–Trinajstić information content (AvgIpc) is 2.91. The summed E-state index contributed by atoms with van der Waals surface area (Å²) < 4.78 is 1.03. The Morgan fingerprint density at radius 2 is 2.00 bits per heavy atom. The monoisotopic (exact) mass is 298 g/mol. The Balaban J connectivity index is 1.90. The molecule has 2 N–H and O–H groups in total. The molecule has 1 amide bonds. The van der Waals surface area contributed by atoms with Gasteiger partial charge in [-0.05, 0) is 12.1 Å². The summed E-state index contributed by atoms with van der Waals surface area (Å²) in [7, 11) is 0. The summed E-state index contributed by atoms with van der Waals surface area (Å²) in [6.07, 6.45) is 2.65. The highest BCUT2D eigenvalue weighted by molar-refractivity contribution is 7.17. The van der Waals surface area contributed by atoms with E-state index in [0.717, 1.165) is 10.1 Å². The summed E-state index contributed by atoms with van der Waals surface area (Å²) >= 11 is 1.49. The number of pyridine rings is 1. The summed E-state index contributed by atoms with van der Waals surface area (Å²) in [6, 6.07) is 9.00. The largest absolute Gasteiger partial charge is 0.478 e. The normalized spacial score (nSPS) is 10.5. The fourth-order valence-corrected chi connectivity index (χ4v) is 2.92. The van der Waals surface area contributed by atoms with Crippen LogP contribution in [-0.2, 0) is 0 Å². The Morgan fingerprint density at radius 1 is 1.19 bits per heavy atom. The van der Waals surface area contributed by atoms with E-state index in [0.29, 0.717) is 11.3 Å². The Morgan fingerprint density at radius 3 is 2.81 bits per heavy atom. The molecule has 2 aromatic heterocycles. The number of hydrogen-bond acceptors (Lipinski definition) is 4. The number of benzene rings is 1. The number of anilines is 1.